The standard InChI is InChI=1S/C21H17FN2O5/c1-2-26-11-16-15-5-3-4-6-17(15)28-19(16)21(25)27-12-18-23-20(24-29-18)13-7-9-14(22)10-8-13/h3-10H,2,11-12H2,1H3. The molecule has 0 N–H and O–H groups in total. The minimum absolute atomic E-state index is 0.0814. The minimum Gasteiger partial charge on any atom is -0.450 e. The van der Waals surface area contributed by atoms with Gasteiger partial charge in [-0.1, -0.05) is 23.4 Å². The molecule has 0 atom stereocenters. The van der Waals surface area contributed by atoms with Crippen LogP contribution in [0.2, 0.25) is 0 Å². The van der Waals surface area contributed by atoms with Crippen molar-refractivity contribution >= 4 is 16.9 Å². The van der Waals surface area contributed by atoms with Crippen molar-refractivity contribution in [3.8, 4) is 11.4 Å². The van der Waals surface area contributed by atoms with Gasteiger partial charge >= 0.3 is 5.97 Å². The van der Waals surface area contributed by atoms with Gasteiger partial charge in [0, 0.05) is 23.1 Å². The van der Waals surface area contributed by atoms with Crippen molar-refractivity contribution in [2.45, 2.75) is 20.1 Å². The summed E-state index contributed by atoms with van der Waals surface area (Å²) < 4.78 is 34.6. The molecule has 0 radical (unpaired) electrons. The summed E-state index contributed by atoms with van der Waals surface area (Å²) in [4.78, 5) is 16.7. The van der Waals surface area contributed by atoms with Crippen LogP contribution < -0.4 is 0 Å². The smallest absolute Gasteiger partial charge is 0.375 e. The second kappa shape index (κ2) is 8.24. The highest BCUT2D eigenvalue weighted by atomic mass is 19.1. The fraction of sp³-hybridized carbons (Fsp3) is 0.190. The van der Waals surface area contributed by atoms with Gasteiger partial charge < -0.3 is 18.4 Å². The van der Waals surface area contributed by atoms with E-state index in [-0.39, 0.29) is 36.5 Å². The summed E-state index contributed by atoms with van der Waals surface area (Å²) in [6.07, 6.45) is 0. The molecule has 0 fully saturated rings. The van der Waals surface area contributed by atoms with Gasteiger partial charge in [-0.05, 0) is 37.3 Å². The van der Waals surface area contributed by atoms with Crippen LogP contribution >= 0.6 is 0 Å². The highest BCUT2D eigenvalue weighted by Gasteiger charge is 2.22. The lowest BCUT2D eigenvalue weighted by Gasteiger charge is -2.03. The SMILES string of the molecule is CCOCc1c(C(=O)OCc2nc(-c3ccc(F)cc3)no2)oc2ccccc12. The third-order valence-electron chi connectivity index (χ3n) is 4.23. The first kappa shape index (κ1) is 18.8. The summed E-state index contributed by atoms with van der Waals surface area (Å²) >= 11 is 0. The average Bonchev–Trinajstić information content (AvgIpc) is 3.36. The number of esters is 1. The van der Waals surface area contributed by atoms with Gasteiger partial charge in [-0.25, -0.2) is 9.18 Å². The molecular formula is C21H17FN2O5. The third kappa shape index (κ3) is 4.02. The van der Waals surface area contributed by atoms with Crippen molar-refractivity contribution < 1.29 is 27.6 Å². The molecule has 2 heterocycles. The summed E-state index contributed by atoms with van der Waals surface area (Å²) in [5.74, 6) is -0.549. The number of halogens is 1. The zero-order valence-corrected chi connectivity index (χ0v) is 15.6. The van der Waals surface area contributed by atoms with Crippen LogP contribution in [-0.4, -0.2) is 22.7 Å². The lowest BCUT2D eigenvalue weighted by Crippen LogP contribution is -2.08. The number of ether oxygens (including phenoxy) is 2. The molecule has 148 valence electrons. The van der Waals surface area contributed by atoms with Gasteiger partial charge in [0.2, 0.25) is 11.6 Å². The van der Waals surface area contributed by atoms with Crippen LogP contribution in [0.4, 0.5) is 4.39 Å². The number of hydrogen-bond acceptors (Lipinski definition) is 7. The maximum atomic E-state index is 13.0. The minimum atomic E-state index is -0.655. The molecule has 8 heteroatoms. The highest BCUT2D eigenvalue weighted by molar-refractivity contribution is 5.96. The molecular weight excluding hydrogens is 379 g/mol. The van der Waals surface area contributed by atoms with Gasteiger partial charge in [0.1, 0.15) is 11.4 Å². The molecule has 0 aliphatic heterocycles. The molecule has 4 rings (SSSR count). The highest BCUT2D eigenvalue weighted by Crippen LogP contribution is 2.27. The number of hydrogen-bond donors (Lipinski definition) is 0. The van der Waals surface area contributed by atoms with Crippen LogP contribution in [0.15, 0.2) is 57.5 Å². The molecule has 0 spiro atoms. The van der Waals surface area contributed by atoms with E-state index < -0.39 is 5.97 Å². The van der Waals surface area contributed by atoms with Crippen LogP contribution in [0.3, 0.4) is 0 Å². The molecule has 4 aromatic rings. The summed E-state index contributed by atoms with van der Waals surface area (Å²) in [6, 6.07) is 13.0. The van der Waals surface area contributed by atoms with Gasteiger partial charge in [0.05, 0.1) is 6.61 Å². The molecule has 0 unspecified atom stereocenters. The van der Waals surface area contributed by atoms with E-state index in [9.17, 15) is 9.18 Å². The van der Waals surface area contributed by atoms with Crippen LogP contribution in [0.1, 0.15) is 28.9 Å². The number of aromatic nitrogens is 2. The van der Waals surface area contributed by atoms with E-state index >= 15 is 0 Å². The van der Waals surface area contributed by atoms with E-state index in [0.29, 0.717) is 23.3 Å². The predicted molar refractivity (Wildman–Crippen MR) is 100 cm³/mol. The maximum Gasteiger partial charge on any atom is 0.375 e. The Bertz CT molecular complexity index is 1130. The summed E-state index contributed by atoms with van der Waals surface area (Å²) in [6.45, 7) is 2.38. The number of fused-ring (bicyclic) bond motifs is 1. The second-order valence-electron chi connectivity index (χ2n) is 6.14. The fourth-order valence-corrected chi connectivity index (χ4v) is 2.83. The summed E-state index contributed by atoms with van der Waals surface area (Å²) in [5, 5.41) is 4.61. The molecule has 0 bridgehead atoms. The molecule has 0 aliphatic carbocycles. The Morgan fingerprint density at radius 1 is 1.10 bits per heavy atom. The molecule has 0 saturated carbocycles. The summed E-state index contributed by atoms with van der Waals surface area (Å²) in [7, 11) is 0. The molecule has 0 aliphatic rings. The number of para-hydroxylation sites is 1. The van der Waals surface area contributed by atoms with Crippen molar-refractivity contribution in [2.75, 3.05) is 6.61 Å². The Morgan fingerprint density at radius 2 is 1.90 bits per heavy atom. The van der Waals surface area contributed by atoms with Crippen LogP contribution in [0.5, 0.6) is 0 Å². The summed E-state index contributed by atoms with van der Waals surface area (Å²) in [5.41, 5.74) is 1.79. The van der Waals surface area contributed by atoms with Crippen molar-refractivity contribution in [3.05, 3.63) is 71.6 Å². The monoisotopic (exact) mass is 396 g/mol. The van der Waals surface area contributed by atoms with E-state index in [1.165, 1.54) is 24.3 Å². The molecule has 0 amide bonds. The number of benzene rings is 2. The van der Waals surface area contributed by atoms with Gasteiger partial charge in [-0.3, -0.25) is 0 Å². The Balaban J connectivity index is 1.49. The molecule has 2 aromatic carbocycles. The average molecular weight is 396 g/mol. The van der Waals surface area contributed by atoms with Gasteiger partial charge in [0.25, 0.3) is 5.89 Å². The lowest BCUT2D eigenvalue weighted by molar-refractivity contribution is 0.0388. The first-order valence-corrected chi connectivity index (χ1v) is 8.99. The number of carbonyl (C=O) groups excluding carboxylic acids is 1. The van der Waals surface area contributed by atoms with Crippen molar-refractivity contribution in [2.24, 2.45) is 0 Å². The second-order valence-corrected chi connectivity index (χ2v) is 6.14. The van der Waals surface area contributed by atoms with Crippen molar-refractivity contribution in [3.63, 3.8) is 0 Å². The van der Waals surface area contributed by atoms with E-state index in [2.05, 4.69) is 10.1 Å². The van der Waals surface area contributed by atoms with E-state index in [0.717, 1.165) is 5.39 Å². The zero-order chi connectivity index (χ0) is 20.2. The van der Waals surface area contributed by atoms with E-state index in [4.69, 9.17) is 18.4 Å². The normalized spacial score (nSPS) is 11.1. The molecule has 0 saturated heterocycles. The Morgan fingerprint density at radius 3 is 2.69 bits per heavy atom. The Kier molecular flexibility index (Phi) is 5.35. The van der Waals surface area contributed by atoms with Crippen molar-refractivity contribution in [1.29, 1.82) is 0 Å². The van der Waals surface area contributed by atoms with Crippen molar-refractivity contribution in [1.82, 2.24) is 10.1 Å². The van der Waals surface area contributed by atoms with Crippen LogP contribution in [0.25, 0.3) is 22.4 Å². The first-order valence-electron chi connectivity index (χ1n) is 8.99. The number of rotatable bonds is 7. The molecule has 7 nitrogen and oxygen atoms in total. The van der Waals surface area contributed by atoms with E-state index in [1.807, 2.05) is 25.1 Å². The topological polar surface area (TPSA) is 87.6 Å². The largest absolute Gasteiger partial charge is 0.450 e. The number of furan rings is 1. The van der Waals surface area contributed by atoms with Crippen LogP contribution in [-0.2, 0) is 22.7 Å². The Hall–Kier alpha value is -3.52. The van der Waals surface area contributed by atoms with E-state index in [1.54, 1.807) is 6.07 Å². The lowest BCUT2D eigenvalue weighted by atomic mass is 10.1. The Labute approximate surface area is 165 Å². The molecule has 2 aromatic heterocycles. The van der Waals surface area contributed by atoms with Gasteiger partial charge in [0.15, 0.2) is 6.61 Å². The third-order valence-corrected chi connectivity index (χ3v) is 4.23. The fourth-order valence-electron chi connectivity index (χ4n) is 2.83. The van der Waals surface area contributed by atoms with Crippen LogP contribution in [0, 0.1) is 5.82 Å². The van der Waals surface area contributed by atoms with Gasteiger partial charge in [-0.15, -0.1) is 0 Å². The maximum absolute atomic E-state index is 13.0. The molecule has 29 heavy (non-hydrogen) atoms. The predicted octanol–water partition coefficient (Wildman–Crippen LogP) is 4.52. The first-order chi connectivity index (χ1) is 14.2. The number of nitrogens with zero attached hydrogens (tertiary/aromatic N) is 2. The quantitative estimate of drug-likeness (QED) is 0.425. The van der Waals surface area contributed by atoms with Gasteiger partial charge in [-0.2, -0.15) is 4.98 Å². The number of carbonyl (C=O) groups is 1. The zero-order valence-electron chi connectivity index (χ0n) is 15.6.